The predicted octanol–water partition coefficient (Wildman–Crippen LogP) is 3.80. The molecule has 0 radical (unpaired) electrons. The summed E-state index contributed by atoms with van der Waals surface area (Å²) in [5.41, 5.74) is 2.36. The summed E-state index contributed by atoms with van der Waals surface area (Å²) in [7, 11) is -0.416. The lowest BCUT2D eigenvalue weighted by atomic mass is 9.69. The second-order valence-corrected chi connectivity index (χ2v) is 9.65. The number of hydrogen-bond acceptors (Lipinski definition) is 4. The van der Waals surface area contributed by atoms with Gasteiger partial charge in [-0.3, -0.25) is 9.48 Å². The van der Waals surface area contributed by atoms with E-state index in [1.165, 1.54) is 12.1 Å². The Morgan fingerprint density at radius 2 is 1.73 bits per heavy atom. The van der Waals surface area contributed by atoms with Gasteiger partial charge in [0, 0.05) is 24.3 Å². The van der Waals surface area contributed by atoms with E-state index in [1.54, 1.807) is 29.1 Å². The molecule has 1 aromatic heterocycles. The maximum atomic E-state index is 13.0. The molecule has 0 spiro atoms. The van der Waals surface area contributed by atoms with Crippen molar-refractivity contribution in [3.63, 3.8) is 0 Å². The van der Waals surface area contributed by atoms with Gasteiger partial charge in [-0.25, -0.2) is 4.39 Å². The van der Waals surface area contributed by atoms with Crippen LogP contribution in [0.25, 0.3) is 0 Å². The van der Waals surface area contributed by atoms with Crippen molar-refractivity contribution in [3.8, 4) is 0 Å². The van der Waals surface area contributed by atoms with Crippen molar-refractivity contribution in [3.05, 3.63) is 77.7 Å². The molecule has 0 bridgehead atoms. The lowest BCUT2D eigenvalue weighted by Crippen LogP contribution is -2.58. The molecule has 0 saturated carbocycles. The number of anilines is 1. The molecule has 172 valence electrons. The van der Waals surface area contributed by atoms with E-state index < -0.39 is 7.12 Å². The third-order valence-electron chi connectivity index (χ3n) is 6.41. The van der Waals surface area contributed by atoms with E-state index in [-0.39, 0.29) is 29.2 Å². The van der Waals surface area contributed by atoms with Gasteiger partial charge in [0.1, 0.15) is 5.82 Å². The summed E-state index contributed by atoms with van der Waals surface area (Å²) >= 11 is 0. The van der Waals surface area contributed by atoms with Gasteiger partial charge in [0.05, 0.1) is 18.6 Å². The number of nitrogens with zero attached hydrogens (tertiary/aromatic N) is 2. The van der Waals surface area contributed by atoms with Crippen molar-refractivity contribution in [1.29, 1.82) is 0 Å². The Balaban J connectivity index is 1.31. The van der Waals surface area contributed by atoms with E-state index in [9.17, 15) is 9.18 Å². The van der Waals surface area contributed by atoms with Crippen molar-refractivity contribution in [2.75, 3.05) is 11.9 Å². The molecule has 6 nitrogen and oxygen atoms in total. The van der Waals surface area contributed by atoms with Crippen LogP contribution in [-0.2, 0) is 27.1 Å². The van der Waals surface area contributed by atoms with Crippen molar-refractivity contribution in [2.45, 2.75) is 46.3 Å². The van der Waals surface area contributed by atoms with Crippen LogP contribution < -0.4 is 10.8 Å². The fourth-order valence-electron chi connectivity index (χ4n) is 3.54. The topological polar surface area (TPSA) is 65.4 Å². The summed E-state index contributed by atoms with van der Waals surface area (Å²) in [4.78, 5) is 12.5. The van der Waals surface area contributed by atoms with Gasteiger partial charge in [-0.1, -0.05) is 50.2 Å². The van der Waals surface area contributed by atoms with Crippen LogP contribution in [0, 0.1) is 11.2 Å². The maximum Gasteiger partial charge on any atom is 0.494 e. The van der Waals surface area contributed by atoms with Gasteiger partial charge in [-0.2, -0.15) is 5.10 Å². The molecule has 1 aliphatic rings. The van der Waals surface area contributed by atoms with Gasteiger partial charge in [0.15, 0.2) is 5.82 Å². The van der Waals surface area contributed by atoms with Crippen molar-refractivity contribution in [2.24, 2.45) is 5.41 Å². The highest BCUT2D eigenvalue weighted by Gasteiger charge is 2.46. The highest BCUT2D eigenvalue weighted by molar-refractivity contribution is 6.61. The number of aromatic nitrogens is 2. The minimum atomic E-state index is -0.416. The zero-order valence-electron chi connectivity index (χ0n) is 19.5. The molecule has 33 heavy (non-hydrogen) atoms. The van der Waals surface area contributed by atoms with Crippen LogP contribution in [0.15, 0.2) is 60.8 Å². The molecule has 1 saturated heterocycles. The number of carbonyl (C=O) groups excluding carboxylic acids is 1. The Labute approximate surface area is 194 Å². The first-order valence-electron chi connectivity index (χ1n) is 11.1. The molecule has 1 aliphatic heterocycles. The second kappa shape index (κ2) is 9.12. The summed E-state index contributed by atoms with van der Waals surface area (Å²) in [5.74, 6) is 0.0576. The van der Waals surface area contributed by atoms with Crippen molar-refractivity contribution >= 4 is 24.3 Å². The minimum Gasteiger partial charge on any atom is -0.407 e. The first-order chi connectivity index (χ1) is 15.6. The van der Waals surface area contributed by atoms with Crippen LogP contribution in [-0.4, -0.2) is 35.0 Å². The number of nitrogens with one attached hydrogen (secondary N) is 1. The molecule has 0 atom stereocenters. The number of rotatable bonds is 6. The Morgan fingerprint density at radius 3 is 2.39 bits per heavy atom. The average molecular weight is 449 g/mol. The van der Waals surface area contributed by atoms with E-state index in [2.05, 4.69) is 38.1 Å². The highest BCUT2D eigenvalue weighted by atomic mass is 19.1. The summed E-state index contributed by atoms with van der Waals surface area (Å²) in [6, 6.07) is 15.7. The number of amides is 1. The largest absolute Gasteiger partial charge is 0.494 e. The molecule has 3 aromatic rings. The summed E-state index contributed by atoms with van der Waals surface area (Å²) < 4.78 is 26.9. The quantitative estimate of drug-likeness (QED) is 0.582. The molecule has 0 unspecified atom stereocenters. The number of benzene rings is 2. The zero-order chi connectivity index (χ0) is 23.6. The smallest absolute Gasteiger partial charge is 0.407 e. The van der Waals surface area contributed by atoms with Gasteiger partial charge in [-0.05, 0) is 42.6 Å². The fourth-order valence-corrected chi connectivity index (χ4v) is 3.54. The van der Waals surface area contributed by atoms with Crippen LogP contribution in [0.3, 0.4) is 0 Å². The first-order valence-corrected chi connectivity index (χ1v) is 11.1. The van der Waals surface area contributed by atoms with E-state index in [0.29, 0.717) is 19.0 Å². The van der Waals surface area contributed by atoms with E-state index in [4.69, 9.17) is 9.31 Å². The number of hydrogen-bond donors (Lipinski definition) is 1. The van der Waals surface area contributed by atoms with Crippen molar-refractivity contribution in [1.82, 2.24) is 9.78 Å². The van der Waals surface area contributed by atoms with E-state index >= 15 is 0 Å². The molecule has 1 N–H and O–H groups in total. The highest BCUT2D eigenvalue weighted by Crippen LogP contribution is 2.38. The Bertz CT molecular complexity index is 1110. The third-order valence-corrected chi connectivity index (χ3v) is 6.41. The van der Waals surface area contributed by atoms with Gasteiger partial charge < -0.3 is 14.6 Å². The minimum absolute atomic E-state index is 0.0759. The normalized spacial score (nSPS) is 17.1. The predicted molar refractivity (Wildman–Crippen MR) is 127 cm³/mol. The standard InChI is InChI=1S/C25H29BFN3O3/c1-24(2)17-32-26(33-25(24,3)4)20-9-5-18(6-10-20)15-23(31)28-22-13-14-30(29-22)16-19-7-11-21(27)12-8-19/h5-14H,15-17H2,1-4H3,(H,28,29,31). The molecule has 1 fully saturated rings. The Kier molecular flexibility index (Phi) is 6.41. The molecule has 1 amide bonds. The van der Waals surface area contributed by atoms with Gasteiger partial charge >= 0.3 is 7.12 Å². The Hall–Kier alpha value is -2.97. The summed E-state index contributed by atoms with van der Waals surface area (Å²) in [5, 5.41) is 7.19. The molecule has 2 aromatic carbocycles. The maximum absolute atomic E-state index is 13.0. The Morgan fingerprint density at radius 1 is 1.06 bits per heavy atom. The molecular formula is C25H29BFN3O3. The van der Waals surface area contributed by atoms with E-state index in [0.717, 1.165) is 16.6 Å². The van der Waals surface area contributed by atoms with E-state index in [1.807, 2.05) is 24.3 Å². The molecular weight excluding hydrogens is 420 g/mol. The van der Waals surface area contributed by atoms with Crippen LogP contribution in [0.2, 0.25) is 0 Å². The SMILES string of the molecule is CC1(C)COB(c2ccc(CC(=O)Nc3ccn(Cc4ccc(F)cc4)n3)cc2)OC1(C)C. The monoisotopic (exact) mass is 449 g/mol. The number of halogens is 1. The average Bonchev–Trinajstić information content (AvgIpc) is 3.19. The van der Waals surface area contributed by atoms with Crippen LogP contribution in [0.4, 0.5) is 10.2 Å². The molecule has 4 rings (SSSR count). The summed E-state index contributed by atoms with van der Waals surface area (Å²) in [6.45, 7) is 9.55. The molecule has 2 heterocycles. The van der Waals surface area contributed by atoms with Gasteiger partial charge in [-0.15, -0.1) is 0 Å². The van der Waals surface area contributed by atoms with Gasteiger partial charge in [0.25, 0.3) is 0 Å². The zero-order valence-corrected chi connectivity index (χ0v) is 19.5. The van der Waals surface area contributed by atoms with Crippen molar-refractivity contribution < 1.29 is 18.5 Å². The fraction of sp³-hybridized carbons (Fsp3) is 0.360. The summed E-state index contributed by atoms with van der Waals surface area (Å²) in [6.07, 6.45) is 2.01. The van der Waals surface area contributed by atoms with Crippen LogP contribution >= 0.6 is 0 Å². The van der Waals surface area contributed by atoms with Crippen LogP contribution in [0.1, 0.15) is 38.8 Å². The lowest BCUT2D eigenvalue weighted by molar-refractivity contribution is -0.115. The number of carbonyl (C=O) groups is 1. The van der Waals surface area contributed by atoms with Crippen LogP contribution in [0.5, 0.6) is 0 Å². The molecule has 8 heteroatoms. The second-order valence-electron chi connectivity index (χ2n) is 9.65. The lowest BCUT2D eigenvalue weighted by Gasteiger charge is -2.47. The first kappa shape index (κ1) is 23.2. The molecule has 0 aliphatic carbocycles. The van der Waals surface area contributed by atoms with Gasteiger partial charge in [0.2, 0.25) is 5.91 Å². The third kappa shape index (κ3) is 5.51.